The molecule has 0 aromatic carbocycles. The standard InChI is InChI=1S/C15H31NO2/c1-15(2,3)7-5-4-6-11-17-12-8-16-9-13-18-14-10-16/h4-14H2,1-3H3. The lowest BCUT2D eigenvalue weighted by molar-refractivity contribution is 0.0200. The van der Waals surface area contributed by atoms with Gasteiger partial charge in [-0.2, -0.15) is 0 Å². The van der Waals surface area contributed by atoms with Crippen molar-refractivity contribution in [1.29, 1.82) is 0 Å². The van der Waals surface area contributed by atoms with E-state index in [1.54, 1.807) is 0 Å². The number of rotatable bonds is 8. The quantitative estimate of drug-likeness (QED) is 0.624. The van der Waals surface area contributed by atoms with Crippen LogP contribution in [0.4, 0.5) is 0 Å². The van der Waals surface area contributed by atoms with Crippen molar-refractivity contribution >= 4 is 0 Å². The van der Waals surface area contributed by atoms with Gasteiger partial charge >= 0.3 is 0 Å². The van der Waals surface area contributed by atoms with Gasteiger partial charge in [0.05, 0.1) is 19.8 Å². The van der Waals surface area contributed by atoms with Crippen molar-refractivity contribution < 1.29 is 9.47 Å². The largest absolute Gasteiger partial charge is 0.380 e. The number of nitrogens with zero attached hydrogens (tertiary/aromatic N) is 1. The van der Waals surface area contributed by atoms with E-state index < -0.39 is 0 Å². The van der Waals surface area contributed by atoms with E-state index in [4.69, 9.17) is 9.47 Å². The molecule has 1 aliphatic rings. The molecule has 1 heterocycles. The highest BCUT2D eigenvalue weighted by molar-refractivity contribution is 4.62. The Bertz CT molecular complexity index is 195. The predicted octanol–water partition coefficient (Wildman–Crippen LogP) is 2.94. The molecule has 1 fully saturated rings. The molecule has 18 heavy (non-hydrogen) atoms. The fraction of sp³-hybridized carbons (Fsp3) is 1.00. The van der Waals surface area contributed by atoms with Gasteiger partial charge in [-0.3, -0.25) is 4.90 Å². The smallest absolute Gasteiger partial charge is 0.0594 e. The summed E-state index contributed by atoms with van der Waals surface area (Å²) in [6, 6.07) is 0. The van der Waals surface area contributed by atoms with Gasteiger partial charge in [0.1, 0.15) is 0 Å². The van der Waals surface area contributed by atoms with E-state index in [9.17, 15) is 0 Å². The first-order chi connectivity index (χ1) is 8.58. The van der Waals surface area contributed by atoms with E-state index in [1.807, 2.05) is 0 Å². The molecule has 108 valence electrons. The van der Waals surface area contributed by atoms with Crippen LogP contribution in [0, 0.1) is 5.41 Å². The average molecular weight is 257 g/mol. The van der Waals surface area contributed by atoms with Crippen molar-refractivity contribution in [3.8, 4) is 0 Å². The van der Waals surface area contributed by atoms with Gasteiger partial charge in [0.2, 0.25) is 0 Å². The van der Waals surface area contributed by atoms with E-state index in [0.29, 0.717) is 5.41 Å². The second kappa shape index (κ2) is 8.89. The Morgan fingerprint density at radius 3 is 2.39 bits per heavy atom. The Morgan fingerprint density at radius 2 is 1.72 bits per heavy atom. The fourth-order valence-corrected chi connectivity index (χ4v) is 2.16. The maximum absolute atomic E-state index is 5.69. The van der Waals surface area contributed by atoms with Crippen molar-refractivity contribution in [3.05, 3.63) is 0 Å². The van der Waals surface area contributed by atoms with Gasteiger partial charge in [-0.25, -0.2) is 0 Å². The number of ether oxygens (including phenoxy) is 2. The van der Waals surface area contributed by atoms with Crippen LogP contribution in [0.1, 0.15) is 46.5 Å². The maximum Gasteiger partial charge on any atom is 0.0594 e. The van der Waals surface area contributed by atoms with Crippen LogP contribution in [-0.4, -0.2) is 51.0 Å². The molecule has 0 bridgehead atoms. The third-order valence-electron chi connectivity index (χ3n) is 3.37. The number of morpholine rings is 1. The minimum atomic E-state index is 0.483. The highest BCUT2D eigenvalue weighted by atomic mass is 16.5. The molecular formula is C15H31NO2. The van der Waals surface area contributed by atoms with Gasteiger partial charge in [-0.15, -0.1) is 0 Å². The molecule has 0 amide bonds. The summed E-state index contributed by atoms with van der Waals surface area (Å²) in [6.45, 7) is 13.7. The van der Waals surface area contributed by atoms with Gasteiger partial charge in [0.15, 0.2) is 0 Å². The molecule has 0 saturated carbocycles. The number of unbranched alkanes of at least 4 members (excludes halogenated alkanes) is 2. The third-order valence-corrected chi connectivity index (χ3v) is 3.37. The average Bonchev–Trinajstić information content (AvgIpc) is 2.32. The second-order valence-electron chi connectivity index (χ2n) is 6.44. The summed E-state index contributed by atoms with van der Waals surface area (Å²) in [4.78, 5) is 2.42. The highest BCUT2D eigenvalue weighted by Gasteiger charge is 2.10. The first-order valence-corrected chi connectivity index (χ1v) is 7.46. The molecule has 0 aromatic heterocycles. The molecule has 0 atom stereocenters. The monoisotopic (exact) mass is 257 g/mol. The normalized spacial score (nSPS) is 18.2. The Morgan fingerprint density at radius 1 is 1.00 bits per heavy atom. The molecule has 3 heteroatoms. The van der Waals surface area contributed by atoms with Gasteiger partial charge in [0, 0.05) is 26.2 Å². The van der Waals surface area contributed by atoms with E-state index in [2.05, 4.69) is 25.7 Å². The van der Waals surface area contributed by atoms with Gasteiger partial charge in [0.25, 0.3) is 0 Å². The summed E-state index contributed by atoms with van der Waals surface area (Å²) < 4.78 is 11.0. The summed E-state index contributed by atoms with van der Waals surface area (Å²) in [7, 11) is 0. The summed E-state index contributed by atoms with van der Waals surface area (Å²) >= 11 is 0. The second-order valence-corrected chi connectivity index (χ2v) is 6.44. The van der Waals surface area contributed by atoms with Gasteiger partial charge in [-0.05, 0) is 18.3 Å². The lowest BCUT2D eigenvalue weighted by Gasteiger charge is -2.26. The Hall–Kier alpha value is -0.120. The van der Waals surface area contributed by atoms with Crippen molar-refractivity contribution in [2.45, 2.75) is 46.5 Å². The van der Waals surface area contributed by atoms with E-state index in [1.165, 1.54) is 25.7 Å². The van der Waals surface area contributed by atoms with Crippen LogP contribution in [0.5, 0.6) is 0 Å². The number of hydrogen-bond donors (Lipinski definition) is 0. The van der Waals surface area contributed by atoms with E-state index in [0.717, 1.165) is 46.1 Å². The van der Waals surface area contributed by atoms with Crippen LogP contribution in [0.2, 0.25) is 0 Å². The molecule has 1 rings (SSSR count). The maximum atomic E-state index is 5.69. The molecule has 0 N–H and O–H groups in total. The zero-order valence-electron chi connectivity index (χ0n) is 12.5. The van der Waals surface area contributed by atoms with Crippen molar-refractivity contribution in [2.75, 3.05) is 46.1 Å². The van der Waals surface area contributed by atoms with Crippen LogP contribution in [0.3, 0.4) is 0 Å². The molecular weight excluding hydrogens is 226 g/mol. The fourth-order valence-electron chi connectivity index (χ4n) is 2.16. The van der Waals surface area contributed by atoms with Gasteiger partial charge in [-0.1, -0.05) is 33.6 Å². The minimum Gasteiger partial charge on any atom is -0.380 e. The summed E-state index contributed by atoms with van der Waals surface area (Å²) in [5.41, 5.74) is 0.483. The Labute approximate surface area is 113 Å². The number of hydrogen-bond acceptors (Lipinski definition) is 3. The zero-order chi connectivity index (χ0) is 13.3. The summed E-state index contributed by atoms with van der Waals surface area (Å²) in [5, 5.41) is 0. The van der Waals surface area contributed by atoms with Crippen molar-refractivity contribution in [1.82, 2.24) is 4.90 Å². The minimum absolute atomic E-state index is 0.483. The van der Waals surface area contributed by atoms with E-state index in [-0.39, 0.29) is 0 Å². The molecule has 1 aliphatic heterocycles. The predicted molar refractivity (Wildman–Crippen MR) is 76.0 cm³/mol. The Balaban J connectivity index is 1.81. The molecule has 0 radical (unpaired) electrons. The highest BCUT2D eigenvalue weighted by Crippen LogP contribution is 2.21. The molecule has 3 nitrogen and oxygen atoms in total. The first kappa shape index (κ1) is 15.9. The SMILES string of the molecule is CC(C)(C)CCCCCOCCN1CCOCC1. The van der Waals surface area contributed by atoms with Crippen LogP contribution in [-0.2, 0) is 9.47 Å². The molecule has 0 aliphatic carbocycles. The topological polar surface area (TPSA) is 21.7 Å². The first-order valence-electron chi connectivity index (χ1n) is 7.46. The van der Waals surface area contributed by atoms with Crippen molar-refractivity contribution in [3.63, 3.8) is 0 Å². The zero-order valence-corrected chi connectivity index (χ0v) is 12.5. The van der Waals surface area contributed by atoms with Crippen LogP contribution >= 0.6 is 0 Å². The third kappa shape index (κ3) is 8.90. The lowest BCUT2D eigenvalue weighted by Crippen LogP contribution is -2.38. The molecule has 1 saturated heterocycles. The Kier molecular flexibility index (Phi) is 7.87. The van der Waals surface area contributed by atoms with Crippen LogP contribution < -0.4 is 0 Å². The van der Waals surface area contributed by atoms with Gasteiger partial charge < -0.3 is 9.47 Å². The summed E-state index contributed by atoms with van der Waals surface area (Å²) in [6.07, 6.45) is 5.16. The molecule has 0 spiro atoms. The molecule has 0 aromatic rings. The lowest BCUT2D eigenvalue weighted by atomic mass is 9.89. The van der Waals surface area contributed by atoms with Crippen LogP contribution in [0.15, 0.2) is 0 Å². The van der Waals surface area contributed by atoms with Crippen LogP contribution in [0.25, 0.3) is 0 Å². The van der Waals surface area contributed by atoms with Crippen molar-refractivity contribution in [2.24, 2.45) is 5.41 Å². The molecule has 0 unspecified atom stereocenters. The summed E-state index contributed by atoms with van der Waals surface area (Å²) in [5.74, 6) is 0. The van der Waals surface area contributed by atoms with E-state index >= 15 is 0 Å².